The van der Waals surface area contributed by atoms with Crippen molar-refractivity contribution in [2.24, 2.45) is 7.05 Å². The molecule has 6 heteroatoms. The molecule has 6 nitrogen and oxygen atoms in total. The Hall–Kier alpha value is -2.11. The predicted molar refractivity (Wildman–Crippen MR) is 81.9 cm³/mol. The molecule has 0 saturated heterocycles. The minimum Gasteiger partial charge on any atom is -0.489 e. The molecule has 0 aliphatic rings. The Kier molecular flexibility index (Phi) is 8.76. The molecular weight excluding hydrogens is 272 g/mol. The molecule has 21 heavy (non-hydrogen) atoms. The first-order valence-corrected chi connectivity index (χ1v) is 6.86. The molecule has 0 aromatic carbocycles. The number of aryl methyl sites for hydroxylation is 1. The quantitative estimate of drug-likeness (QED) is 0.615. The normalized spacial score (nSPS) is 9.38. The van der Waals surface area contributed by atoms with E-state index in [-0.39, 0.29) is 23.6 Å². The lowest BCUT2D eigenvalue weighted by Gasteiger charge is -2.12. The molecule has 1 aromatic rings. The first-order chi connectivity index (χ1) is 9.98. The van der Waals surface area contributed by atoms with Gasteiger partial charge in [-0.15, -0.1) is 6.58 Å². The minimum absolute atomic E-state index is 0.0501. The lowest BCUT2D eigenvalue weighted by molar-refractivity contribution is 0.0514. The van der Waals surface area contributed by atoms with E-state index >= 15 is 0 Å². The Morgan fingerprint density at radius 2 is 2.00 bits per heavy atom. The van der Waals surface area contributed by atoms with Crippen LogP contribution in [0, 0.1) is 0 Å². The standard InChI is InChI=1S/C12H18N2O4.C3H6/c1-5-7-8-13-9(12(16)18-6-2)10(17-4)11(15)14(8)3;1-3-2/h5-7H2,1-4H3;3H,1H2,2H3. The van der Waals surface area contributed by atoms with Crippen LogP contribution in [-0.4, -0.2) is 29.2 Å². The summed E-state index contributed by atoms with van der Waals surface area (Å²) in [5.41, 5.74) is -0.426. The zero-order valence-corrected chi connectivity index (χ0v) is 13.4. The molecule has 0 fully saturated rings. The van der Waals surface area contributed by atoms with Crippen molar-refractivity contribution in [2.45, 2.75) is 33.6 Å². The number of hydrogen-bond donors (Lipinski definition) is 0. The molecule has 1 heterocycles. The minimum atomic E-state index is -0.635. The van der Waals surface area contributed by atoms with Gasteiger partial charge in [-0.3, -0.25) is 9.36 Å². The summed E-state index contributed by atoms with van der Waals surface area (Å²) in [6.45, 7) is 9.14. The molecule has 0 radical (unpaired) electrons. The van der Waals surface area contributed by atoms with E-state index in [1.807, 2.05) is 13.8 Å². The van der Waals surface area contributed by atoms with Crippen LogP contribution >= 0.6 is 0 Å². The van der Waals surface area contributed by atoms with E-state index in [2.05, 4.69) is 11.6 Å². The number of ether oxygens (including phenoxy) is 2. The van der Waals surface area contributed by atoms with Gasteiger partial charge in [0, 0.05) is 13.5 Å². The maximum atomic E-state index is 12.0. The van der Waals surface area contributed by atoms with Crippen LogP contribution < -0.4 is 10.3 Å². The van der Waals surface area contributed by atoms with Crippen molar-refractivity contribution in [3.63, 3.8) is 0 Å². The number of carbonyl (C=O) groups is 1. The van der Waals surface area contributed by atoms with E-state index in [1.165, 1.54) is 11.7 Å². The zero-order chi connectivity index (χ0) is 16.4. The fourth-order valence-corrected chi connectivity index (χ4v) is 1.59. The van der Waals surface area contributed by atoms with Gasteiger partial charge in [0.25, 0.3) is 5.56 Å². The van der Waals surface area contributed by atoms with Crippen molar-refractivity contribution in [1.82, 2.24) is 9.55 Å². The van der Waals surface area contributed by atoms with Crippen LogP contribution in [0.4, 0.5) is 0 Å². The Morgan fingerprint density at radius 1 is 1.43 bits per heavy atom. The van der Waals surface area contributed by atoms with Gasteiger partial charge in [0.2, 0.25) is 5.75 Å². The van der Waals surface area contributed by atoms with E-state index in [1.54, 1.807) is 20.0 Å². The Labute approximate surface area is 125 Å². The van der Waals surface area contributed by atoms with Crippen molar-refractivity contribution in [2.75, 3.05) is 13.7 Å². The van der Waals surface area contributed by atoms with Gasteiger partial charge in [-0.05, 0) is 20.3 Å². The van der Waals surface area contributed by atoms with E-state index in [0.29, 0.717) is 12.2 Å². The first kappa shape index (κ1) is 18.9. The molecular formula is C15H24N2O4. The van der Waals surface area contributed by atoms with Crippen LogP contribution in [0.15, 0.2) is 17.4 Å². The van der Waals surface area contributed by atoms with Crippen LogP contribution in [0.3, 0.4) is 0 Å². The molecule has 0 N–H and O–H groups in total. The molecule has 0 bridgehead atoms. The average molecular weight is 296 g/mol. The molecule has 1 aromatic heterocycles. The van der Waals surface area contributed by atoms with Crippen molar-refractivity contribution in [1.29, 1.82) is 0 Å². The summed E-state index contributed by atoms with van der Waals surface area (Å²) in [4.78, 5) is 27.9. The summed E-state index contributed by atoms with van der Waals surface area (Å²) in [5, 5.41) is 0. The van der Waals surface area contributed by atoms with Gasteiger partial charge >= 0.3 is 5.97 Å². The summed E-state index contributed by atoms with van der Waals surface area (Å²) < 4.78 is 11.2. The maximum Gasteiger partial charge on any atom is 0.361 e. The van der Waals surface area contributed by atoms with Gasteiger partial charge in [-0.1, -0.05) is 13.0 Å². The van der Waals surface area contributed by atoms with E-state index in [4.69, 9.17) is 9.47 Å². The van der Waals surface area contributed by atoms with Crippen LogP contribution in [-0.2, 0) is 18.2 Å². The number of methoxy groups -OCH3 is 1. The summed E-state index contributed by atoms with van der Waals surface area (Å²) in [7, 11) is 2.94. The number of rotatable bonds is 5. The summed E-state index contributed by atoms with van der Waals surface area (Å²) in [6.07, 6.45) is 3.19. The Bertz CT molecular complexity index is 535. The molecule has 1 rings (SSSR count). The van der Waals surface area contributed by atoms with Crippen molar-refractivity contribution in [3.8, 4) is 5.75 Å². The second-order valence-corrected chi connectivity index (χ2v) is 4.15. The molecule has 118 valence electrons. The summed E-state index contributed by atoms with van der Waals surface area (Å²) >= 11 is 0. The molecule has 0 aliphatic heterocycles. The van der Waals surface area contributed by atoms with Gasteiger partial charge in [-0.2, -0.15) is 0 Å². The van der Waals surface area contributed by atoms with E-state index in [9.17, 15) is 9.59 Å². The topological polar surface area (TPSA) is 70.4 Å². The number of nitrogens with zero attached hydrogens (tertiary/aromatic N) is 2. The Balaban J connectivity index is 0.00000122. The highest BCUT2D eigenvalue weighted by Crippen LogP contribution is 2.13. The third-order valence-corrected chi connectivity index (χ3v) is 2.49. The zero-order valence-electron chi connectivity index (χ0n) is 13.4. The van der Waals surface area contributed by atoms with Crippen LogP contribution in [0.5, 0.6) is 5.75 Å². The van der Waals surface area contributed by atoms with Crippen LogP contribution in [0.25, 0.3) is 0 Å². The molecule has 0 amide bonds. The Morgan fingerprint density at radius 3 is 2.43 bits per heavy atom. The van der Waals surface area contributed by atoms with Crippen molar-refractivity contribution in [3.05, 3.63) is 34.5 Å². The highest BCUT2D eigenvalue weighted by Gasteiger charge is 2.21. The van der Waals surface area contributed by atoms with Crippen LogP contribution in [0.1, 0.15) is 43.5 Å². The fourth-order valence-electron chi connectivity index (χ4n) is 1.59. The van der Waals surface area contributed by atoms with Crippen molar-refractivity contribution >= 4 is 5.97 Å². The highest BCUT2D eigenvalue weighted by atomic mass is 16.5. The van der Waals surface area contributed by atoms with Crippen molar-refractivity contribution < 1.29 is 14.3 Å². The van der Waals surface area contributed by atoms with Gasteiger partial charge in [-0.25, -0.2) is 9.78 Å². The van der Waals surface area contributed by atoms with E-state index < -0.39 is 5.97 Å². The number of allylic oxidation sites excluding steroid dienone is 1. The molecule has 0 unspecified atom stereocenters. The average Bonchev–Trinajstić information content (AvgIpc) is 2.45. The highest BCUT2D eigenvalue weighted by molar-refractivity contribution is 5.90. The number of hydrogen-bond acceptors (Lipinski definition) is 5. The maximum absolute atomic E-state index is 12.0. The summed E-state index contributed by atoms with van der Waals surface area (Å²) in [5.74, 6) is -0.161. The summed E-state index contributed by atoms with van der Waals surface area (Å²) in [6, 6.07) is 0. The second kappa shape index (κ2) is 9.74. The monoisotopic (exact) mass is 296 g/mol. The molecule has 0 saturated carbocycles. The van der Waals surface area contributed by atoms with Gasteiger partial charge < -0.3 is 9.47 Å². The SMILES string of the molecule is C=CC.CCCc1nc(C(=O)OCC)c(OC)c(=O)n1C. The lowest BCUT2D eigenvalue weighted by Crippen LogP contribution is -2.27. The lowest BCUT2D eigenvalue weighted by atomic mass is 10.3. The van der Waals surface area contributed by atoms with E-state index in [0.717, 1.165) is 6.42 Å². The van der Waals surface area contributed by atoms with Gasteiger partial charge in [0.1, 0.15) is 5.82 Å². The van der Waals surface area contributed by atoms with Crippen LogP contribution in [0.2, 0.25) is 0 Å². The number of aromatic nitrogens is 2. The predicted octanol–water partition coefficient (Wildman–Crippen LogP) is 2.11. The molecule has 0 atom stereocenters. The fraction of sp³-hybridized carbons (Fsp3) is 0.533. The third kappa shape index (κ3) is 5.06. The third-order valence-electron chi connectivity index (χ3n) is 2.49. The second-order valence-electron chi connectivity index (χ2n) is 4.15. The largest absolute Gasteiger partial charge is 0.489 e. The molecule has 0 spiro atoms. The smallest absolute Gasteiger partial charge is 0.361 e. The molecule has 0 aliphatic carbocycles. The first-order valence-electron chi connectivity index (χ1n) is 6.86. The van der Waals surface area contributed by atoms with Gasteiger partial charge in [0.15, 0.2) is 5.69 Å². The number of esters is 1. The number of carbonyl (C=O) groups excluding carboxylic acids is 1. The van der Waals surface area contributed by atoms with Gasteiger partial charge in [0.05, 0.1) is 13.7 Å².